The molecule has 1 saturated heterocycles. The molecule has 1 aromatic rings. The number of nitrogens with two attached hydrogens (primary N) is 1. The van der Waals surface area contributed by atoms with Crippen molar-refractivity contribution in [2.45, 2.75) is 38.4 Å². The monoisotopic (exact) mass is 276 g/mol. The Labute approximate surface area is 120 Å². The van der Waals surface area contributed by atoms with Crippen molar-refractivity contribution in [3.63, 3.8) is 0 Å². The molecule has 1 saturated carbocycles. The van der Waals surface area contributed by atoms with Gasteiger partial charge in [0, 0.05) is 19.4 Å². The molecule has 1 aliphatic carbocycles. The van der Waals surface area contributed by atoms with Crippen LogP contribution in [0.4, 0.5) is 11.4 Å². The molecule has 2 aliphatic rings. The minimum atomic E-state index is -0.251. The third-order valence-corrected chi connectivity index (χ3v) is 4.47. The Morgan fingerprint density at radius 2 is 1.95 bits per heavy atom. The van der Waals surface area contributed by atoms with E-state index >= 15 is 0 Å². The van der Waals surface area contributed by atoms with Gasteiger partial charge in [0.1, 0.15) is 0 Å². The minimum Gasteiger partial charge on any atom is -0.397 e. The SMILES string of the molecule is Cc1ccc(N)c(NCC2CCC3(CC2)OCCO3)c1. The summed E-state index contributed by atoms with van der Waals surface area (Å²) in [6.07, 6.45) is 4.34. The van der Waals surface area contributed by atoms with Gasteiger partial charge in [-0.1, -0.05) is 6.07 Å². The van der Waals surface area contributed by atoms with Crippen molar-refractivity contribution < 1.29 is 9.47 Å². The number of nitrogens with one attached hydrogen (secondary N) is 1. The molecule has 2 fully saturated rings. The van der Waals surface area contributed by atoms with E-state index in [1.165, 1.54) is 5.56 Å². The van der Waals surface area contributed by atoms with Crippen LogP contribution in [0.5, 0.6) is 0 Å². The van der Waals surface area contributed by atoms with Crippen molar-refractivity contribution in [2.24, 2.45) is 5.92 Å². The van der Waals surface area contributed by atoms with Gasteiger partial charge in [0.05, 0.1) is 24.6 Å². The molecule has 1 aromatic carbocycles. The van der Waals surface area contributed by atoms with Crippen LogP contribution in [0.3, 0.4) is 0 Å². The summed E-state index contributed by atoms with van der Waals surface area (Å²) in [4.78, 5) is 0. The third kappa shape index (κ3) is 2.91. The van der Waals surface area contributed by atoms with E-state index < -0.39 is 0 Å². The van der Waals surface area contributed by atoms with Crippen LogP contribution in [0.15, 0.2) is 18.2 Å². The molecule has 3 N–H and O–H groups in total. The maximum atomic E-state index is 6.00. The lowest BCUT2D eigenvalue weighted by Crippen LogP contribution is -2.36. The first-order valence-corrected chi connectivity index (χ1v) is 7.55. The van der Waals surface area contributed by atoms with Gasteiger partial charge in [-0.3, -0.25) is 0 Å². The average Bonchev–Trinajstić information content (AvgIpc) is 2.90. The molecule has 0 amide bonds. The molecular formula is C16H24N2O2. The van der Waals surface area contributed by atoms with Crippen molar-refractivity contribution in [3.8, 4) is 0 Å². The van der Waals surface area contributed by atoms with E-state index in [0.717, 1.165) is 56.8 Å². The zero-order chi connectivity index (χ0) is 14.0. The van der Waals surface area contributed by atoms with E-state index in [2.05, 4.69) is 18.3 Å². The fraction of sp³-hybridized carbons (Fsp3) is 0.625. The molecule has 110 valence electrons. The van der Waals surface area contributed by atoms with Crippen LogP contribution in [0.1, 0.15) is 31.2 Å². The summed E-state index contributed by atoms with van der Waals surface area (Å²) in [7, 11) is 0. The van der Waals surface area contributed by atoms with Crippen LogP contribution in [-0.2, 0) is 9.47 Å². The van der Waals surface area contributed by atoms with Crippen molar-refractivity contribution in [1.29, 1.82) is 0 Å². The lowest BCUT2D eigenvalue weighted by Gasteiger charge is -2.35. The summed E-state index contributed by atoms with van der Waals surface area (Å²) in [6.45, 7) is 4.57. The molecule has 0 atom stereocenters. The van der Waals surface area contributed by atoms with E-state index in [1.54, 1.807) is 0 Å². The number of rotatable bonds is 3. The summed E-state index contributed by atoms with van der Waals surface area (Å²) in [5.41, 5.74) is 9.11. The normalized spacial score (nSPS) is 22.2. The van der Waals surface area contributed by atoms with Gasteiger partial charge < -0.3 is 20.5 Å². The Morgan fingerprint density at radius 3 is 2.65 bits per heavy atom. The maximum Gasteiger partial charge on any atom is 0.168 e. The molecule has 0 bridgehead atoms. The molecule has 0 aromatic heterocycles. The molecule has 0 unspecified atom stereocenters. The zero-order valence-electron chi connectivity index (χ0n) is 12.2. The van der Waals surface area contributed by atoms with Crippen molar-refractivity contribution in [3.05, 3.63) is 23.8 Å². The molecule has 20 heavy (non-hydrogen) atoms. The summed E-state index contributed by atoms with van der Waals surface area (Å²) in [5.74, 6) is 0.423. The number of benzene rings is 1. The third-order valence-electron chi connectivity index (χ3n) is 4.47. The number of hydrogen-bond donors (Lipinski definition) is 2. The lowest BCUT2D eigenvalue weighted by atomic mass is 9.85. The number of ether oxygens (including phenoxy) is 2. The number of anilines is 2. The standard InChI is InChI=1S/C16H24N2O2/c1-12-2-3-14(17)15(10-12)18-11-13-4-6-16(7-5-13)19-8-9-20-16/h2-3,10,13,18H,4-9,11,17H2,1H3. The highest BCUT2D eigenvalue weighted by Gasteiger charge is 2.40. The van der Waals surface area contributed by atoms with E-state index in [-0.39, 0.29) is 5.79 Å². The largest absolute Gasteiger partial charge is 0.397 e. The smallest absolute Gasteiger partial charge is 0.168 e. The predicted molar refractivity (Wildman–Crippen MR) is 80.7 cm³/mol. The van der Waals surface area contributed by atoms with Gasteiger partial charge in [-0.05, 0) is 43.4 Å². The molecule has 1 aliphatic heterocycles. The highest BCUT2D eigenvalue weighted by Crippen LogP contribution is 2.38. The van der Waals surface area contributed by atoms with Crippen molar-refractivity contribution in [1.82, 2.24) is 0 Å². The summed E-state index contributed by atoms with van der Waals surface area (Å²) >= 11 is 0. The van der Waals surface area contributed by atoms with Crippen LogP contribution < -0.4 is 11.1 Å². The maximum absolute atomic E-state index is 6.00. The Kier molecular flexibility index (Phi) is 3.85. The first-order chi connectivity index (χ1) is 9.67. The van der Waals surface area contributed by atoms with Gasteiger partial charge in [-0.15, -0.1) is 0 Å². The van der Waals surface area contributed by atoms with Gasteiger partial charge in [0.15, 0.2) is 5.79 Å². The number of nitrogen functional groups attached to an aromatic ring is 1. The number of aryl methyl sites for hydroxylation is 1. The molecule has 1 spiro atoms. The Bertz CT molecular complexity index is 460. The van der Waals surface area contributed by atoms with Gasteiger partial charge in [-0.25, -0.2) is 0 Å². The Balaban J connectivity index is 1.51. The lowest BCUT2D eigenvalue weighted by molar-refractivity contribution is -0.181. The summed E-state index contributed by atoms with van der Waals surface area (Å²) in [6, 6.07) is 6.12. The molecule has 4 heteroatoms. The molecule has 4 nitrogen and oxygen atoms in total. The van der Waals surface area contributed by atoms with E-state index in [4.69, 9.17) is 15.2 Å². The first kappa shape index (κ1) is 13.7. The van der Waals surface area contributed by atoms with Crippen LogP contribution in [0, 0.1) is 12.8 Å². The number of hydrogen-bond acceptors (Lipinski definition) is 4. The van der Waals surface area contributed by atoms with Gasteiger partial charge >= 0.3 is 0 Å². The van der Waals surface area contributed by atoms with Crippen LogP contribution >= 0.6 is 0 Å². The second-order valence-electron chi connectivity index (χ2n) is 6.02. The van der Waals surface area contributed by atoms with Crippen LogP contribution in [0.2, 0.25) is 0 Å². The minimum absolute atomic E-state index is 0.251. The fourth-order valence-corrected chi connectivity index (χ4v) is 3.18. The summed E-state index contributed by atoms with van der Waals surface area (Å²) in [5, 5.41) is 3.50. The van der Waals surface area contributed by atoms with Gasteiger partial charge in [0.25, 0.3) is 0 Å². The van der Waals surface area contributed by atoms with Gasteiger partial charge in [-0.2, -0.15) is 0 Å². The van der Waals surface area contributed by atoms with Gasteiger partial charge in [0.2, 0.25) is 0 Å². The predicted octanol–water partition coefficient (Wildman–Crippen LogP) is 2.92. The van der Waals surface area contributed by atoms with E-state index in [0.29, 0.717) is 5.92 Å². The van der Waals surface area contributed by atoms with Crippen LogP contribution in [0.25, 0.3) is 0 Å². The van der Waals surface area contributed by atoms with Crippen LogP contribution in [-0.4, -0.2) is 25.5 Å². The van der Waals surface area contributed by atoms with E-state index in [1.807, 2.05) is 12.1 Å². The molecule has 1 heterocycles. The highest BCUT2D eigenvalue weighted by molar-refractivity contribution is 5.66. The van der Waals surface area contributed by atoms with Crippen molar-refractivity contribution >= 4 is 11.4 Å². The average molecular weight is 276 g/mol. The second kappa shape index (κ2) is 5.62. The summed E-state index contributed by atoms with van der Waals surface area (Å²) < 4.78 is 11.5. The fourth-order valence-electron chi connectivity index (χ4n) is 3.18. The second-order valence-corrected chi connectivity index (χ2v) is 6.02. The Hall–Kier alpha value is -1.26. The molecule has 3 rings (SSSR count). The Morgan fingerprint density at radius 1 is 1.25 bits per heavy atom. The highest BCUT2D eigenvalue weighted by atomic mass is 16.7. The zero-order valence-corrected chi connectivity index (χ0v) is 12.2. The topological polar surface area (TPSA) is 56.5 Å². The first-order valence-electron chi connectivity index (χ1n) is 7.55. The quantitative estimate of drug-likeness (QED) is 0.833. The van der Waals surface area contributed by atoms with E-state index in [9.17, 15) is 0 Å². The molecule has 0 radical (unpaired) electrons. The van der Waals surface area contributed by atoms with Crippen molar-refractivity contribution in [2.75, 3.05) is 30.8 Å². The molecular weight excluding hydrogens is 252 g/mol.